The number of carbonyl (C=O) groups is 1. The number of carbonyl (C=O) groups excluding carboxylic acids is 1. The SMILES string of the molecule is O=C(C(Cc1ccccc1)=C(c1ccccc1)c1ccccc1O)C(Cc1ccccc1)=C(c1ccccc1)c1ccccc1O. The van der Waals surface area contributed by atoms with Gasteiger partial charge in [0.25, 0.3) is 0 Å². The summed E-state index contributed by atoms with van der Waals surface area (Å²) in [6, 6.07) is 53.8. The first-order chi connectivity index (χ1) is 22.6. The van der Waals surface area contributed by atoms with Crippen molar-refractivity contribution in [1.29, 1.82) is 0 Å². The van der Waals surface area contributed by atoms with Gasteiger partial charge in [-0.2, -0.15) is 0 Å². The number of para-hydroxylation sites is 2. The predicted molar refractivity (Wildman–Crippen MR) is 186 cm³/mol. The molecule has 46 heavy (non-hydrogen) atoms. The van der Waals surface area contributed by atoms with Crippen LogP contribution in [0.3, 0.4) is 0 Å². The predicted octanol–water partition coefficient (Wildman–Crippen LogP) is 9.46. The number of ketones is 1. The van der Waals surface area contributed by atoms with Crippen LogP contribution in [-0.2, 0) is 17.6 Å². The van der Waals surface area contributed by atoms with Crippen molar-refractivity contribution in [2.75, 3.05) is 0 Å². The highest BCUT2D eigenvalue weighted by molar-refractivity contribution is 6.19. The summed E-state index contributed by atoms with van der Waals surface area (Å²) in [6.45, 7) is 0. The topological polar surface area (TPSA) is 57.5 Å². The smallest absolute Gasteiger partial charge is 0.186 e. The van der Waals surface area contributed by atoms with E-state index in [1.165, 1.54) is 0 Å². The van der Waals surface area contributed by atoms with Gasteiger partial charge in [-0.15, -0.1) is 0 Å². The van der Waals surface area contributed by atoms with E-state index in [9.17, 15) is 10.2 Å². The average molecular weight is 599 g/mol. The zero-order chi connectivity index (χ0) is 31.7. The summed E-state index contributed by atoms with van der Waals surface area (Å²) < 4.78 is 0. The molecule has 0 aliphatic carbocycles. The van der Waals surface area contributed by atoms with Crippen molar-refractivity contribution in [2.24, 2.45) is 0 Å². The lowest BCUT2D eigenvalue weighted by Gasteiger charge is -2.22. The number of Topliss-reactive ketones (excluding diaryl/α,β-unsaturated/α-hetero) is 1. The van der Waals surface area contributed by atoms with E-state index in [-0.39, 0.29) is 17.3 Å². The number of benzene rings is 6. The Labute approximate surface area is 270 Å². The second-order valence-electron chi connectivity index (χ2n) is 11.1. The van der Waals surface area contributed by atoms with Gasteiger partial charge in [-0.3, -0.25) is 4.79 Å². The van der Waals surface area contributed by atoms with Crippen LogP contribution in [0.2, 0.25) is 0 Å². The molecule has 0 aliphatic rings. The van der Waals surface area contributed by atoms with Gasteiger partial charge in [-0.1, -0.05) is 158 Å². The molecule has 3 nitrogen and oxygen atoms in total. The van der Waals surface area contributed by atoms with E-state index in [1.807, 2.05) is 146 Å². The number of hydrogen-bond donors (Lipinski definition) is 2. The summed E-state index contributed by atoms with van der Waals surface area (Å²) in [4.78, 5) is 15.6. The van der Waals surface area contributed by atoms with Crippen LogP contribution < -0.4 is 0 Å². The fourth-order valence-corrected chi connectivity index (χ4v) is 5.91. The van der Waals surface area contributed by atoms with Crippen LogP contribution in [0.1, 0.15) is 33.4 Å². The van der Waals surface area contributed by atoms with Gasteiger partial charge in [0, 0.05) is 46.3 Å². The highest BCUT2D eigenvalue weighted by Crippen LogP contribution is 2.39. The van der Waals surface area contributed by atoms with E-state index < -0.39 is 0 Å². The number of aromatic hydroxyl groups is 2. The van der Waals surface area contributed by atoms with Crippen molar-refractivity contribution >= 4 is 16.9 Å². The van der Waals surface area contributed by atoms with Crippen molar-refractivity contribution < 1.29 is 15.0 Å². The van der Waals surface area contributed by atoms with Gasteiger partial charge < -0.3 is 10.2 Å². The Kier molecular flexibility index (Phi) is 9.32. The first kappa shape index (κ1) is 30.1. The van der Waals surface area contributed by atoms with Crippen molar-refractivity contribution in [3.63, 3.8) is 0 Å². The van der Waals surface area contributed by atoms with Crippen LogP contribution >= 0.6 is 0 Å². The normalized spacial score (nSPS) is 12.2. The fraction of sp³-hybridized carbons (Fsp3) is 0.0465. The number of hydrogen-bond acceptors (Lipinski definition) is 3. The molecular weight excluding hydrogens is 564 g/mol. The highest BCUT2D eigenvalue weighted by Gasteiger charge is 2.27. The number of allylic oxidation sites excluding steroid dienone is 2. The standard InChI is InChI=1S/C43H34O3/c44-39-27-15-13-25-35(39)41(33-21-9-3-10-22-33)37(29-31-17-5-1-6-18-31)43(46)38(30-32-19-7-2-8-20-32)42(34-23-11-4-12-24-34)36-26-14-16-28-40(36)45/h1-28,44-45H,29-30H2. The van der Waals surface area contributed by atoms with Crippen LogP contribution in [0, 0.1) is 0 Å². The second kappa shape index (κ2) is 14.2. The molecule has 224 valence electrons. The molecule has 6 aromatic rings. The molecule has 2 N–H and O–H groups in total. The minimum Gasteiger partial charge on any atom is -0.507 e. The number of rotatable bonds is 10. The summed E-state index contributed by atoms with van der Waals surface area (Å²) in [5.41, 5.74) is 7.19. The molecule has 6 aromatic carbocycles. The quantitative estimate of drug-likeness (QED) is 0.154. The Morgan fingerprint density at radius 2 is 0.696 bits per heavy atom. The highest BCUT2D eigenvalue weighted by atomic mass is 16.3. The number of phenols is 2. The molecule has 0 radical (unpaired) electrons. The monoisotopic (exact) mass is 598 g/mol. The van der Waals surface area contributed by atoms with Gasteiger partial charge in [-0.25, -0.2) is 0 Å². The van der Waals surface area contributed by atoms with E-state index in [4.69, 9.17) is 0 Å². The van der Waals surface area contributed by atoms with Crippen molar-refractivity contribution in [3.05, 3.63) is 214 Å². The second-order valence-corrected chi connectivity index (χ2v) is 11.1. The molecule has 6 rings (SSSR count). The molecule has 0 fully saturated rings. The minimum absolute atomic E-state index is 0.0947. The van der Waals surface area contributed by atoms with Gasteiger partial charge in [-0.05, 0) is 34.4 Å². The summed E-state index contributed by atoms with van der Waals surface area (Å²) in [5.74, 6) is 0.0338. The molecule has 0 atom stereocenters. The molecule has 0 amide bonds. The Hall–Kier alpha value is -5.93. The van der Waals surface area contributed by atoms with Crippen LogP contribution in [0.15, 0.2) is 181 Å². The van der Waals surface area contributed by atoms with Gasteiger partial charge in [0.15, 0.2) is 5.78 Å². The molecule has 0 unspecified atom stereocenters. The zero-order valence-electron chi connectivity index (χ0n) is 25.4. The molecule has 0 bridgehead atoms. The molecule has 0 aromatic heterocycles. The van der Waals surface area contributed by atoms with Gasteiger partial charge in [0.2, 0.25) is 0 Å². The summed E-state index contributed by atoms with van der Waals surface area (Å²) in [6.07, 6.45) is 0.665. The maximum Gasteiger partial charge on any atom is 0.186 e. The Balaban J connectivity index is 1.72. The lowest BCUT2D eigenvalue weighted by Crippen LogP contribution is -2.16. The molecular formula is C43H34O3. The molecule has 0 aliphatic heterocycles. The average Bonchev–Trinajstić information content (AvgIpc) is 3.11. The van der Waals surface area contributed by atoms with Crippen molar-refractivity contribution in [1.82, 2.24) is 0 Å². The summed E-state index contributed by atoms with van der Waals surface area (Å²) in [7, 11) is 0. The van der Waals surface area contributed by atoms with Crippen molar-refractivity contribution in [3.8, 4) is 11.5 Å². The molecule has 3 heteroatoms. The fourth-order valence-electron chi connectivity index (χ4n) is 5.91. The Bertz CT molecular complexity index is 1850. The maximum absolute atomic E-state index is 15.6. The third-order valence-electron chi connectivity index (χ3n) is 8.07. The van der Waals surface area contributed by atoms with Crippen LogP contribution in [0.5, 0.6) is 11.5 Å². The van der Waals surface area contributed by atoms with Crippen LogP contribution in [0.25, 0.3) is 11.1 Å². The van der Waals surface area contributed by atoms with E-state index in [0.29, 0.717) is 46.3 Å². The zero-order valence-corrected chi connectivity index (χ0v) is 25.4. The van der Waals surface area contributed by atoms with Crippen molar-refractivity contribution in [2.45, 2.75) is 12.8 Å². The summed E-state index contributed by atoms with van der Waals surface area (Å²) >= 11 is 0. The minimum atomic E-state index is -0.156. The van der Waals surface area contributed by atoms with Gasteiger partial charge in [0.05, 0.1) is 0 Å². The molecule has 0 heterocycles. The first-order valence-electron chi connectivity index (χ1n) is 15.4. The Morgan fingerprint density at radius 1 is 0.391 bits per heavy atom. The third-order valence-corrected chi connectivity index (χ3v) is 8.07. The largest absolute Gasteiger partial charge is 0.507 e. The maximum atomic E-state index is 15.6. The first-order valence-corrected chi connectivity index (χ1v) is 15.4. The third kappa shape index (κ3) is 6.74. The van der Waals surface area contributed by atoms with Gasteiger partial charge in [0.1, 0.15) is 11.5 Å². The van der Waals surface area contributed by atoms with E-state index in [1.54, 1.807) is 24.3 Å². The number of phenolic OH excluding ortho intramolecular Hbond substituents is 2. The lowest BCUT2D eigenvalue weighted by molar-refractivity contribution is -0.112. The lowest BCUT2D eigenvalue weighted by atomic mass is 9.81. The van der Waals surface area contributed by atoms with E-state index in [0.717, 1.165) is 22.3 Å². The Morgan fingerprint density at radius 3 is 1.04 bits per heavy atom. The van der Waals surface area contributed by atoms with E-state index in [2.05, 4.69) is 0 Å². The summed E-state index contributed by atoms with van der Waals surface area (Å²) in [5, 5.41) is 22.4. The molecule has 0 saturated carbocycles. The van der Waals surface area contributed by atoms with Gasteiger partial charge >= 0.3 is 0 Å². The van der Waals surface area contributed by atoms with Crippen LogP contribution in [-0.4, -0.2) is 16.0 Å². The molecule has 0 spiro atoms. The molecule has 0 saturated heterocycles. The van der Waals surface area contributed by atoms with Crippen LogP contribution in [0.4, 0.5) is 0 Å². The van der Waals surface area contributed by atoms with E-state index >= 15 is 4.79 Å².